The van der Waals surface area contributed by atoms with Crippen LogP contribution in [0.5, 0.6) is 0 Å². The summed E-state index contributed by atoms with van der Waals surface area (Å²) >= 11 is 0. The summed E-state index contributed by atoms with van der Waals surface area (Å²) in [7, 11) is -6.88. The zero-order valence-corrected chi connectivity index (χ0v) is 16.0. The van der Waals surface area contributed by atoms with Gasteiger partial charge in [-0.15, -0.1) is 0 Å². The quantitative estimate of drug-likeness (QED) is 0.800. The van der Waals surface area contributed by atoms with E-state index in [1.54, 1.807) is 12.1 Å². The third-order valence-electron chi connectivity index (χ3n) is 3.40. The molecule has 23 heavy (non-hydrogen) atoms. The van der Waals surface area contributed by atoms with Crippen LogP contribution < -0.4 is 9.03 Å². The van der Waals surface area contributed by atoms with Gasteiger partial charge in [0.1, 0.15) is 0 Å². The highest BCUT2D eigenvalue weighted by molar-refractivity contribution is 7.92. The van der Waals surface area contributed by atoms with Gasteiger partial charge in [0.2, 0.25) is 20.0 Å². The molecule has 1 rings (SSSR count). The average molecular weight is 363 g/mol. The van der Waals surface area contributed by atoms with Gasteiger partial charge in [-0.1, -0.05) is 39.0 Å². The standard InChI is InChI=1S/C15H26N2O4S2/c1-6-23(20,21)16-11-12-17(22(5,18)19)14-10-8-7-9-13(14)15(2,3)4/h7-10,16H,6,11-12H2,1-5H3. The zero-order valence-electron chi connectivity index (χ0n) is 14.3. The molecule has 1 aromatic rings. The lowest BCUT2D eigenvalue weighted by Gasteiger charge is -2.30. The zero-order chi connectivity index (χ0) is 17.9. The molecule has 0 heterocycles. The van der Waals surface area contributed by atoms with Gasteiger partial charge in [0, 0.05) is 13.1 Å². The van der Waals surface area contributed by atoms with E-state index in [0.717, 1.165) is 11.8 Å². The summed E-state index contributed by atoms with van der Waals surface area (Å²) in [6.07, 6.45) is 1.13. The highest BCUT2D eigenvalue weighted by Crippen LogP contribution is 2.32. The van der Waals surface area contributed by atoms with Crippen molar-refractivity contribution in [3.63, 3.8) is 0 Å². The predicted octanol–water partition coefficient (Wildman–Crippen LogP) is 1.69. The highest BCUT2D eigenvalue weighted by Gasteiger charge is 2.25. The third-order valence-corrected chi connectivity index (χ3v) is 5.98. The van der Waals surface area contributed by atoms with Crippen LogP contribution in [0.4, 0.5) is 5.69 Å². The smallest absolute Gasteiger partial charge is 0.232 e. The topological polar surface area (TPSA) is 83.6 Å². The number of nitrogens with one attached hydrogen (secondary N) is 1. The van der Waals surface area contributed by atoms with Crippen LogP contribution in [0.25, 0.3) is 0 Å². The van der Waals surface area contributed by atoms with Gasteiger partial charge in [-0.05, 0) is 24.0 Å². The molecule has 0 aliphatic rings. The van der Waals surface area contributed by atoms with Crippen molar-refractivity contribution < 1.29 is 16.8 Å². The fraction of sp³-hybridized carbons (Fsp3) is 0.600. The molecule has 0 aliphatic heterocycles. The summed E-state index contributed by atoms with van der Waals surface area (Å²) in [6, 6.07) is 7.28. The number of hydrogen-bond donors (Lipinski definition) is 1. The van der Waals surface area contributed by atoms with Crippen molar-refractivity contribution in [1.29, 1.82) is 0 Å². The minimum absolute atomic E-state index is 0.0295. The van der Waals surface area contributed by atoms with Crippen molar-refractivity contribution >= 4 is 25.7 Å². The summed E-state index contributed by atoms with van der Waals surface area (Å²) < 4.78 is 51.1. The lowest BCUT2D eigenvalue weighted by molar-refractivity contribution is 0.575. The van der Waals surface area contributed by atoms with Crippen LogP contribution in [-0.4, -0.2) is 41.9 Å². The number of hydrogen-bond acceptors (Lipinski definition) is 4. The first-order valence-electron chi connectivity index (χ1n) is 7.43. The Bertz CT molecular complexity index is 735. The van der Waals surface area contributed by atoms with Crippen molar-refractivity contribution in [1.82, 2.24) is 4.72 Å². The monoisotopic (exact) mass is 362 g/mol. The predicted molar refractivity (Wildman–Crippen MR) is 94.8 cm³/mol. The second kappa shape index (κ2) is 7.19. The maximum Gasteiger partial charge on any atom is 0.232 e. The molecule has 0 aromatic heterocycles. The molecule has 132 valence electrons. The van der Waals surface area contributed by atoms with E-state index < -0.39 is 20.0 Å². The van der Waals surface area contributed by atoms with Gasteiger partial charge < -0.3 is 0 Å². The second-order valence-corrected chi connectivity index (χ2v) is 10.4. The van der Waals surface area contributed by atoms with Gasteiger partial charge in [-0.3, -0.25) is 4.31 Å². The molecule has 1 aromatic carbocycles. The summed E-state index contributed by atoms with van der Waals surface area (Å²) in [5.74, 6) is -0.0372. The molecule has 8 heteroatoms. The van der Waals surface area contributed by atoms with E-state index in [2.05, 4.69) is 4.72 Å². The molecular weight excluding hydrogens is 336 g/mol. The van der Waals surface area contributed by atoms with Gasteiger partial charge in [0.05, 0.1) is 17.7 Å². The molecule has 0 radical (unpaired) electrons. The molecule has 0 aliphatic carbocycles. The number of sulfonamides is 2. The maximum atomic E-state index is 12.2. The van der Waals surface area contributed by atoms with Crippen molar-refractivity contribution in [3.05, 3.63) is 29.8 Å². The molecule has 0 atom stereocenters. The van der Waals surface area contributed by atoms with Crippen molar-refractivity contribution in [2.45, 2.75) is 33.1 Å². The van der Waals surface area contributed by atoms with Crippen LogP contribution in [0.2, 0.25) is 0 Å². The van der Waals surface area contributed by atoms with E-state index in [9.17, 15) is 16.8 Å². The second-order valence-electron chi connectivity index (χ2n) is 6.40. The first-order chi connectivity index (χ1) is 10.4. The van der Waals surface area contributed by atoms with Crippen LogP contribution in [0.1, 0.15) is 33.3 Å². The Labute approximate surface area is 140 Å². The lowest BCUT2D eigenvalue weighted by Crippen LogP contribution is -2.39. The molecule has 0 amide bonds. The summed E-state index contributed by atoms with van der Waals surface area (Å²) in [5, 5.41) is 0. The summed E-state index contributed by atoms with van der Waals surface area (Å²) in [6.45, 7) is 7.63. The molecule has 0 spiro atoms. The van der Waals surface area contributed by atoms with Crippen molar-refractivity contribution in [2.24, 2.45) is 0 Å². The minimum Gasteiger partial charge on any atom is -0.269 e. The number of para-hydroxylation sites is 1. The minimum atomic E-state index is -3.53. The number of anilines is 1. The maximum absolute atomic E-state index is 12.2. The van der Waals surface area contributed by atoms with Gasteiger partial charge in [0.15, 0.2) is 0 Å². The molecule has 0 fully saturated rings. The fourth-order valence-corrected chi connectivity index (χ4v) is 3.74. The number of nitrogens with zero attached hydrogens (tertiary/aromatic N) is 1. The Morgan fingerprint density at radius 2 is 1.65 bits per heavy atom. The summed E-state index contributed by atoms with van der Waals surface area (Å²) in [5.41, 5.74) is 1.24. The highest BCUT2D eigenvalue weighted by atomic mass is 32.2. The van der Waals surface area contributed by atoms with E-state index in [1.807, 2.05) is 32.9 Å². The van der Waals surface area contributed by atoms with Gasteiger partial charge in [0.25, 0.3) is 0 Å². The molecule has 1 N–H and O–H groups in total. The van der Waals surface area contributed by atoms with Crippen LogP contribution >= 0.6 is 0 Å². The van der Waals surface area contributed by atoms with Gasteiger partial charge in [-0.25, -0.2) is 21.6 Å². The van der Waals surface area contributed by atoms with Gasteiger partial charge >= 0.3 is 0 Å². The average Bonchev–Trinajstić information content (AvgIpc) is 2.41. The largest absolute Gasteiger partial charge is 0.269 e. The van der Waals surface area contributed by atoms with E-state index in [4.69, 9.17) is 0 Å². The normalized spacial score (nSPS) is 13.1. The first-order valence-corrected chi connectivity index (χ1v) is 10.9. The Balaban J connectivity index is 3.16. The van der Waals surface area contributed by atoms with Gasteiger partial charge in [-0.2, -0.15) is 0 Å². The molecule has 0 bridgehead atoms. The third kappa shape index (κ3) is 5.78. The van der Waals surface area contributed by atoms with Crippen molar-refractivity contribution in [2.75, 3.05) is 29.4 Å². The van der Waals surface area contributed by atoms with E-state index in [1.165, 1.54) is 11.2 Å². The Hall–Kier alpha value is -1.12. The molecule has 0 saturated carbocycles. The Morgan fingerprint density at radius 3 is 2.13 bits per heavy atom. The molecular formula is C15H26N2O4S2. The van der Waals surface area contributed by atoms with Crippen molar-refractivity contribution in [3.8, 4) is 0 Å². The Kier molecular flexibility index (Phi) is 6.23. The molecule has 6 nitrogen and oxygen atoms in total. The Morgan fingerprint density at radius 1 is 1.09 bits per heavy atom. The molecule has 0 unspecified atom stereocenters. The summed E-state index contributed by atoms with van der Waals surface area (Å²) in [4.78, 5) is 0. The van der Waals surface area contributed by atoms with E-state index in [0.29, 0.717) is 5.69 Å². The van der Waals surface area contributed by atoms with Crippen LogP contribution in [0.3, 0.4) is 0 Å². The number of rotatable bonds is 7. The first kappa shape index (κ1) is 19.9. The SMILES string of the molecule is CCS(=O)(=O)NCCN(c1ccccc1C(C)(C)C)S(C)(=O)=O. The number of benzene rings is 1. The van der Waals surface area contributed by atoms with Crippen LogP contribution in [-0.2, 0) is 25.5 Å². The molecule has 0 saturated heterocycles. The van der Waals surface area contributed by atoms with Crippen LogP contribution in [0.15, 0.2) is 24.3 Å². The lowest BCUT2D eigenvalue weighted by atomic mass is 9.86. The van der Waals surface area contributed by atoms with E-state index >= 15 is 0 Å². The fourth-order valence-electron chi connectivity index (χ4n) is 2.20. The van der Waals surface area contributed by atoms with E-state index in [-0.39, 0.29) is 24.3 Å². The van der Waals surface area contributed by atoms with Crippen LogP contribution in [0, 0.1) is 0 Å².